The van der Waals surface area contributed by atoms with Crippen molar-refractivity contribution in [1.82, 2.24) is 5.32 Å². The van der Waals surface area contributed by atoms with Crippen molar-refractivity contribution in [3.63, 3.8) is 0 Å². The minimum Gasteiger partial charge on any atom is -0.399 e. The summed E-state index contributed by atoms with van der Waals surface area (Å²) in [6.07, 6.45) is 0.705. The Morgan fingerprint density at radius 1 is 1.82 bits per heavy atom. The number of nitrogens with one attached hydrogen (secondary N) is 1. The molecule has 11 heavy (non-hydrogen) atoms. The number of amides is 1. The summed E-state index contributed by atoms with van der Waals surface area (Å²) in [6, 6.07) is 3.39. The number of nitriles is 1. The van der Waals surface area contributed by atoms with Crippen molar-refractivity contribution in [1.29, 1.82) is 5.26 Å². The molecule has 1 aromatic heterocycles. The summed E-state index contributed by atoms with van der Waals surface area (Å²) < 4.78 is 4.64. The highest BCUT2D eigenvalue weighted by Gasteiger charge is 2.01. The Morgan fingerprint density at radius 2 is 2.64 bits per heavy atom. The average molecular weight is 168 g/mol. The van der Waals surface area contributed by atoms with Crippen molar-refractivity contribution in [2.75, 3.05) is 0 Å². The third-order valence-electron chi connectivity index (χ3n) is 0.846. The quantitative estimate of drug-likeness (QED) is 0.508. The summed E-state index contributed by atoms with van der Waals surface area (Å²) in [7, 11) is 0. The van der Waals surface area contributed by atoms with Gasteiger partial charge in [-0.15, -0.1) is 11.3 Å². The van der Waals surface area contributed by atoms with Crippen LogP contribution in [0.2, 0.25) is 0 Å². The molecule has 0 aliphatic carbocycles. The molecule has 0 spiro atoms. The van der Waals surface area contributed by atoms with Crippen molar-refractivity contribution in [3.8, 4) is 11.3 Å². The Balaban J connectivity index is 2.45. The van der Waals surface area contributed by atoms with E-state index >= 15 is 0 Å². The van der Waals surface area contributed by atoms with Crippen LogP contribution in [-0.4, -0.2) is 6.09 Å². The van der Waals surface area contributed by atoms with E-state index in [1.807, 2.05) is 5.32 Å². The lowest BCUT2D eigenvalue weighted by Crippen LogP contribution is -2.21. The van der Waals surface area contributed by atoms with Gasteiger partial charge in [0.1, 0.15) is 0 Å². The number of ether oxygens (including phenoxy) is 1. The van der Waals surface area contributed by atoms with E-state index in [4.69, 9.17) is 5.26 Å². The molecule has 1 rings (SSSR count). The van der Waals surface area contributed by atoms with Gasteiger partial charge in [0.05, 0.1) is 0 Å². The lowest BCUT2D eigenvalue weighted by Gasteiger charge is -1.95. The Labute approximate surface area is 67.0 Å². The molecule has 1 N–H and O–H groups in total. The first kappa shape index (κ1) is 7.57. The highest BCUT2D eigenvalue weighted by Crippen LogP contribution is 2.17. The van der Waals surface area contributed by atoms with E-state index < -0.39 is 6.09 Å². The molecule has 0 fully saturated rings. The van der Waals surface area contributed by atoms with E-state index in [-0.39, 0.29) is 0 Å². The second-order valence-electron chi connectivity index (χ2n) is 1.56. The molecule has 0 radical (unpaired) electrons. The summed E-state index contributed by atoms with van der Waals surface area (Å²) in [5.41, 5.74) is 0. The van der Waals surface area contributed by atoms with E-state index in [1.165, 1.54) is 17.5 Å². The van der Waals surface area contributed by atoms with Crippen molar-refractivity contribution in [2.24, 2.45) is 0 Å². The molecule has 0 aliphatic heterocycles. The molecule has 1 aromatic rings. The van der Waals surface area contributed by atoms with E-state index in [1.54, 1.807) is 17.5 Å². The fraction of sp³-hybridized carbons (Fsp3) is 0. The zero-order valence-corrected chi connectivity index (χ0v) is 6.22. The van der Waals surface area contributed by atoms with Crippen molar-refractivity contribution in [2.45, 2.75) is 0 Å². The van der Waals surface area contributed by atoms with Gasteiger partial charge in [-0.2, -0.15) is 5.26 Å². The van der Waals surface area contributed by atoms with Gasteiger partial charge in [-0.05, 0) is 17.5 Å². The number of carbonyl (C=O) groups excluding carboxylic acids is 1. The van der Waals surface area contributed by atoms with Gasteiger partial charge in [-0.25, -0.2) is 10.1 Å². The first-order valence-corrected chi connectivity index (χ1v) is 3.61. The monoisotopic (exact) mass is 168 g/mol. The largest absolute Gasteiger partial charge is 0.426 e. The van der Waals surface area contributed by atoms with Crippen LogP contribution < -0.4 is 10.1 Å². The summed E-state index contributed by atoms with van der Waals surface area (Å²) in [6.45, 7) is 0. The van der Waals surface area contributed by atoms with Gasteiger partial charge < -0.3 is 4.74 Å². The predicted molar refractivity (Wildman–Crippen MR) is 39.1 cm³/mol. The molecule has 5 heteroatoms. The van der Waals surface area contributed by atoms with Crippen molar-refractivity contribution in [3.05, 3.63) is 17.5 Å². The maximum Gasteiger partial charge on any atom is 0.426 e. The van der Waals surface area contributed by atoms with Gasteiger partial charge >= 0.3 is 6.09 Å². The van der Waals surface area contributed by atoms with E-state index in [2.05, 4.69) is 4.74 Å². The van der Waals surface area contributed by atoms with Crippen molar-refractivity contribution < 1.29 is 9.53 Å². The molecule has 56 valence electrons. The average Bonchev–Trinajstić information content (AvgIpc) is 2.40. The van der Waals surface area contributed by atoms with Gasteiger partial charge in [0.2, 0.25) is 0 Å². The molecule has 1 amide bonds. The van der Waals surface area contributed by atoms with Gasteiger partial charge in [-0.3, -0.25) is 0 Å². The van der Waals surface area contributed by atoms with Crippen LogP contribution in [0.1, 0.15) is 0 Å². The Bertz CT molecular complexity index is 275. The first-order valence-electron chi connectivity index (χ1n) is 2.73. The molecule has 1 heterocycles. The molecule has 0 saturated heterocycles. The Hall–Kier alpha value is -1.54. The van der Waals surface area contributed by atoms with Crippen LogP contribution in [0.4, 0.5) is 4.79 Å². The van der Waals surface area contributed by atoms with Gasteiger partial charge in [0.25, 0.3) is 0 Å². The third-order valence-corrected chi connectivity index (χ3v) is 1.59. The molecule has 0 atom stereocenters. The van der Waals surface area contributed by atoms with Crippen LogP contribution >= 0.6 is 11.3 Å². The highest BCUT2D eigenvalue weighted by molar-refractivity contribution is 7.11. The number of hydrogen-bond donors (Lipinski definition) is 1. The molecule has 0 aliphatic rings. The summed E-state index contributed by atoms with van der Waals surface area (Å²) in [5.74, 6) is 0. The molecule has 0 unspecified atom stereocenters. The van der Waals surface area contributed by atoms with Crippen LogP contribution in [0.3, 0.4) is 0 Å². The van der Waals surface area contributed by atoms with E-state index in [9.17, 15) is 4.79 Å². The van der Waals surface area contributed by atoms with Crippen LogP contribution in [0.5, 0.6) is 5.06 Å². The van der Waals surface area contributed by atoms with Crippen molar-refractivity contribution >= 4 is 17.4 Å². The van der Waals surface area contributed by atoms with Gasteiger partial charge in [0.15, 0.2) is 11.3 Å². The number of hydrogen-bond acceptors (Lipinski definition) is 4. The van der Waals surface area contributed by atoms with Crippen LogP contribution in [0.15, 0.2) is 17.5 Å². The smallest absolute Gasteiger partial charge is 0.399 e. The Morgan fingerprint density at radius 3 is 3.18 bits per heavy atom. The predicted octanol–water partition coefficient (Wildman–Crippen LogP) is 1.32. The zero-order chi connectivity index (χ0) is 8.10. The third kappa shape index (κ3) is 2.27. The molecular formula is C6H4N2O2S. The molecule has 4 nitrogen and oxygen atoms in total. The normalized spacial score (nSPS) is 8.27. The minimum absolute atomic E-state index is 0.470. The maximum absolute atomic E-state index is 10.6. The Kier molecular flexibility index (Phi) is 2.47. The summed E-state index contributed by atoms with van der Waals surface area (Å²) in [5, 5.41) is 12.1. The molecule has 0 aromatic carbocycles. The minimum atomic E-state index is -0.755. The molecule has 0 bridgehead atoms. The highest BCUT2D eigenvalue weighted by atomic mass is 32.1. The second-order valence-corrected chi connectivity index (χ2v) is 2.47. The lowest BCUT2D eigenvalue weighted by molar-refractivity contribution is 0.206. The first-order chi connectivity index (χ1) is 5.33. The lowest BCUT2D eigenvalue weighted by atomic mass is 10.7. The number of thiophene rings is 1. The van der Waals surface area contributed by atoms with Crippen LogP contribution in [-0.2, 0) is 0 Å². The van der Waals surface area contributed by atoms with Gasteiger partial charge in [-0.1, -0.05) is 0 Å². The van der Waals surface area contributed by atoms with Crippen LogP contribution in [0, 0.1) is 11.5 Å². The zero-order valence-electron chi connectivity index (χ0n) is 5.40. The number of rotatable bonds is 1. The fourth-order valence-corrected chi connectivity index (χ4v) is 1.06. The number of carbonyl (C=O) groups is 1. The number of nitrogens with zero attached hydrogens (tertiary/aromatic N) is 1. The summed E-state index contributed by atoms with van der Waals surface area (Å²) >= 11 is 1.28. The fourth-order valence-electron chi connectivity index (χ4n) is 0.484. The summed E-state index contributed by atoms with van der Waals surface area (Å²) in [4.78, 5) is 10.6. The maximum atomic E-state index is 10.6. The van der Waals surface area contributed by atoms with E-state index in [0.717, 1.165) is 0 Å². The second kappa shape index (κ2) is 3.58. The standard InChI is InChI=1S/C6H4N2O2S/c7-4-8-6(9)10-5-2-1-3-11-5/h1-3H,(H,8,9). The van der Waals surface area contributed by atoms with E-state index in [0.29, 0.717) is 5.06 Å². The SMILES string of the molecule is N#CNC(=O)Oc1cccs1. The topological polar surface area (TPSA) is 62.1 Å². The van der Waals surface area contributed by atoms with Crippen LogP contribution in [0.25, 0.3) is 0 Å². The molecular weight excluding hydrogens is 164 g/mol. The molecule has 0 saturated carbocycles. The van der Waals surface area contributed by atoms with Gasteiger partial charge in [0, 0.05) is 0 Å².